The minimum absolute atomic E-state index is 0.00440. The van der Waals surface area contributed by atoms with Crippen molar-refractivity contribution in [1.29, 1.82) is 0 Å². The zero-order valence-corrected chi connectivity index (χ0v) is 20.0. The first-order valence-electron chi connectivity index (χ1n) is 12.6. The molecular formula is C27H34F3N3O. The van der Waals surface area contributed by atoms with Crippen molar-refractivity contribution in [3.8, 4) is 0 Å². The van der Waals surface area contributed by atoms with Gasteiger partial charge in [0.1, 0.15) is 5.78 Å². The van der Waals surface area contributed by atoms with Crippen molar-refractivity contribution >= 4 is 22.4 Å². The second-order valence-corrected chi connectivity index (χ2v) is 11.0. The molecule has 0 spiro atoms. The minimum atomic E-state index is -4.44. The number of ketones is 1. The highest BCUT2D eigenvalue weighted by atomic mass is 19.4. The second-order valence-electron chi connectivity index (χ2n) is 11.0. The first-order chi connectivity index (χ1) is 16.2. The highest BCUT2D eigenvalue weighted by Gasteiger charge is 2.39. The molecule has 7 heteroatoms. The summed E-state index contributed by atoms with van der Waals surface area (Å²) < 4.78 is 40.6. The van der Waals surface area contributed by atoms with Crippen LogP contribution < -0.4 is 4.90 Å². The molecule has 3 saturated heterocycles. The number of halogens is 3. The van der Waals surface area contributed by atoms with Gasteiger partial charge in [0, 0.05) is 55.3 Å². The summed E-state index contributed by atoms with van der Waals surface area (Å²) in [6.45, 7) is 3.64. The van der Waals surface area contributed by atoms with E-state index in [1.807, 2.05) is 0 Å². The molecule has 0 saturated carbocycles. The van der Waals surface area contributed by atoms with E-state index in [0.717, 1.165) is 37.6 Å². The number of aromatic nitrogens is 1. The Morgan fingerprint density at radius 2 is 1.74 bits per heavy atom. The van der Waals surface area contributed by atoms with Crippen LogP contribution in [0.25, 0.3) is 10.9 Å². The molecule has 3 aliphatic rings. The van der Waals surface area contributed by atoms with E-state index in [1.165, 1.54) is 19.0 Å². The number of piperidine rings is 2. The number of nitrogens with zero attached hydrogens (tertiary/aromatic N) is 3. The largest absolute Gasteiger partial charge is 0.418 e. The van der Waals surface area contributed by atoms with Crippen molar-refractivity contribution < 1.29 is 18.0 Å². The van der Waals surface area contributed by atoms with Gasteiger partial charge >= 0.3 is 6.18 Å². The number of pyridine rings is 1. The molecule has 184 valence electrons. The van der Waals surface area contributed by atoms with Crippen LogP contribution in [-0.2, 0) is 11.0 Å². The maximum atomic E-state index is 13.5. The van der Waals surface area contributed by atoms with Gasteiger partial charge in [-0.2, -0.15) is 13.2 Å². The standard InChI is InChI=1S/C27H34F3N3O/c1-17-10-19(14-22(34)13-18-11-20-5-6-21(12-18)32(20)2)16-33(15-17)25-8-7-24(27(28,29)30)26-23(25)4-3-9-31-26/h3-4,7-9,17-21H,5-6,10-16H2,1-2H3/t17-,18?,19-,20?,21?/m0/s1. The van der Waals surface area contributed by atoms with Gasteiger partial charge in [0.25, 0.3) is 0 Å². The van der Waals surface area contributed by atoms with Crippen LogP contribution >= 0.6 is 0 Å². The SMILES string of the molecule is C[C@H]1C[C@@H](CC(=O)CC2CC3CCC(C2)N3C)CN(c2ccc(C(F)(F)F)c3ncccc23)C1. The summed E-state index contributed by atoms with van der Waals surface area (Å²) in [5.74, 6) is 1.46. The van der Waals surface area contributed by atoms with E-state index >= 15 is 0 Å². The van der Waals surface area contributed by atoms with Crippen molar-refractivity contribution in [3.05, 3.63) is 36.0 Å². The van der Waals surface area contributed by atoms with Gasteiger partial charge in [0.15, 0.2) is 0 Å². The molecule has 3 aliphatic heterocycles. The fourth-order valence-electron chi connectivity index (χ4n) is 6.91. The number of Topliss-reactive ketones (excluding diaryl/α,β-unsaturated/α-hetero) is 1. The zero-order chi connectivity index (χ0) is 24.0. The number of rotatable bonds is 5. The monoisotopic (exact) mass is 473 g/mol. The molecule has 2 unspecified atom stereocenters. The van der Waals surface area contributed by atoms with E-state index in [4.69, 9.17) is 0 Å². The average molecular weight is 474 g/mol. The Kier molecular flexibility index (Phi) is 6.34. The third-order valence-electron chi connectivity index (χ3n) is 8.37. The molecule has 0 amide bonds. The normalized spacial score (nSPS) is 30.1. The van der Waals surface area contributed by atoms with Crippen molar-refractivity contribution in [1.82, 2.24) is 9.88 Å². The molecule has 2 bridgehead atoms. The molecule has 3 fully saturated rings. The van der Waals surface area contributed by atoms with E-state index in [-0.39, 0.29) is 11.4 Å². The fourth-order valence-corrected chi connectivity index (χ4v) is 6.91. The van der Waals surface area contributed by atoms with Crippen LogP contribution in [0, 0.1) is 17.8 Å². The average Bonchev–Trinajstić information content (AvgIpc) is 2.97. The van der Waals surface area contributed by atoms with Gasteiger partial charge in [-0.3, -0.25) is 9.78 Å². The third kappa shape index (κ3) is 4.68. The van der Waals surface area contributed by atoms with E-state index in [9.17, 15) is 18.0 Å². The Morgan fingerprint density at radius 1 is 1.03 bits per heavy atom. The predicted molar refractivity (Wildman–Crippen MR) is 128 cm³/mol. The lowest BCUT2D eigenvalue weighted by molar-refractivity contribution is -0.136. The Balaban J connectivity index is 1.29. The summed E-state index contributed by atoms with van der Waals surface area (Å²) >= 11 is 0. The number of hydrogen-bond donors (Lipinski definition) is 0. The predicted octanol–water partition coefficient (Wildman–Crippen LogP) is 5.94. The highest BCUT2D eigenvalue weighted by molar-refractivity contribution is 5.94. The van der Waals surface area contributed by atoms with E-state index in [0.29, 0.717) is 54.5 Å². The first-order valence-corrected chi connectivity index (χ1v) is 12.6. The Hall–Kier alpha value is -2.15. The smallest absolute Gasteiger partial charge is 0.370 e. The number of alkyl halides is 3. The van der Waals surface area contributed by atoms with Crippen LogP contribution in [-0.4, -0.2) is 47.9 Å². The lowest BCUT2D eigenvalue weighted by atomic mass is 9.82. The van der Waals surface area contributed by atoms with Gasteiger partial charge in [-0.25, -0.2) is 0 Å². The first kappa shape index (κ1) is 23.6. The van der Waals surface area contributed by atoms with Crippen LogP contribution in [0.4, 0.5) is 18.9 Å². The molecule has 4 nitrogen and oxygen atoms in total. The quantitative estimate of drug-likeness (QED) is 0.539. The summed E-state index contributed by atoms with van der Waals surface area (Å²) in [4.78, 5) is 21.8. The summed E-state index contributed by atoms with van der Waals surface area (Å²) in [6, 6.07) is 7.43. The number of hydrogen-bond acceptors (Lipinski definition) is 4. The molecule has 2 aromatic rings. The minimum Gasteiger partial charge on any atom is -0.370 e. The van der Waals surface area contributed by atoms with Gasteiger partial charge in [-0.15, -0.1) is 0 Å². The van der Waals surface area contributed by atoms with E-state index in [1.54, 1.807) is 18.2 Å². The number of carbonyl (C=O) groups is 1. The second kappa shape index (κ2) is 9.14. The van der Waals surface area contributed by atoms with Crippen molar-refractivity contribution in [2.75, 3.05) is 25.0 Å². The molecule has 4 atom stereocenters. The molecular weight excluding hydrogens is 439 g/mol. The number of anilines is 1. The molecule has 5 rings (SSSR count). The van der Waals surface area contributed by atoms with Crippen LogP contribution in [0.5, 0.6) is 0 Å². The van der Waals surface area contributed by atoms with E-state index < -0.39 is 11.7 Å². The third-order valence-corrected chi connectivity index (χ3v) is 8.37. The topological polar surface area (TPSA) is 36.4 Å². The molecule has 1 aromatic heterocycles. The van der Waals surface area contributed by atoms with Gasteiger partial charge in [-0.05, 0) is 81.2 Å². The van der Waals surface area contributed by atoms with Gasteiger partial charge < -0.3 is 9.80 Å². The maximum absolute atomic E-state index is 13.5. The van der Waals surface area contributed by atoms with Crippen LogP contribution in [0.15, 0.2) is 30.5 Å². The summed E-state index contributed by atoms with van der Waals surface area (Å²) in [5, 5.41) is 0.526. The molecule has 1 aromatic carbocycles. The Bertz CT molecular complexity index is 1040. The zero-order valence-electron chi connectivity index (χ0n) is 20.0. The maximum Gasteiger partial charge on any atom is 0.418 e. The van der Waals surface area contributed by atoms with Crippen LogP contribution in [0.1, 0.15) is 57.4 Å². The van der Waals surface area contributed by atoms with E-state index in [2.05, 4.69) is 28.8 Å². The fraction of sp³-hybridized carbons (Fsp3) is 0.630. The molecule has 34 heavy (non-hydrogen) atoms. The Morgan fingerprint density at radius 3 is 2.44 bits per heavy atom. The molecule has 0 radical (unpaired) electrons. The lowest BCUT2D eigenvalue weighted by Gasteiger charge is -2.39. The van der Waals surface area contributed by atoms with Crippen molar-refractivity contribution in [2.24, 2.45) is 17.8 Å². The van der Waals surface area contributed by atoms with Crippen molar-refractivity contribution in [3.63, 3.8) is 0 Å². The number of carbonyl (C=O) groups excluding carboxylic acids is 1. The van der Waals surface area contributed by atoms with Gasteiger partial charge in [0.05, 0.1) is 11.1 Å². The number of benzene rings is 1. The summed E-state index contributed by atoms with van der Waals surface area (Å²) in [5.41, 5.74) is 0.0815. The van der Waals surface area contributed by atoms with Gasteiger partial charge in [0.2, 0.25) is 0 Å². The molecule has 0 N–H and O–H groups in total. The Labute approximate surface area is 199 Å². The van der Waals surface area contributed by atoms with Gasteiger partial charge in [-0.1, -0.05) is 6.92 Å². The lowest BCUT2D eigenvalue weighted by Crippen LogP contribution is -2.41. The summed E-state index contributed by atoms with van der Waals surface area (Å²) in [7, 11) is 2.22. The molecule has 0 aliphatic carbocycles. The highest BCUT2D eigenvalue weighted by Crippen LogP contribution is 2.41. The van der Waals surface area contributed by atoms with Crippen LogP contribution in [0.2, 0.25) is 0 Å². The molecule has 4 heterocycles. The van der Waals surface area contributed by atoms with Crippen LogP contribution in [0.3, 0.4) is 0 Å². The summed E-state index contributed by atoms with van der Waals surface area (Å²) in [6.07, 6.45) is 4.00. The van der Waals surface area contributed by atoms with Crippen molar-refractivity contribution in [2.45, 2.75) is 70.1 Å². The number of fused-ring (bicyclic) bond motifs is 3.